The van der Waals surface area contributed by atoms with Crippen LogP contribution in [0.25, 0.3) is 5.69 Å². The molecule has 1 aliphatic rings. The lowest BCUT2D eigenvalue weighted by molar-refractivity contribution is -0.119. The average molecular weight is 473 g/mol. The van der Waals surface area contributed by atoms with Gasteiger partial charge in [0, 0.05) is 4.88 Å². The Morgan fingerprint density at radius 2 is 1.94 bits per heavy atom. The molecule has 2 amide bonds. The topological polar surface area (TPSA) is 116 Å². The molecule has 166 valence electrons. The minimum absolute atomic E-state index is 0.294. The van der Waals surface area contributed by atoms with Gasteiger partial charge in [-0.05, 0) is 62.9 Å². The third-order valence-electron chi connectivity index (χ3n) is 5.31. The van der Waals surface area contributed by atoms with E-state index in [1.54, 1.807) is 28.9 Å². The molecule has 3 aromatic rings. The lowest BCUT2D eigenvalue weighted by atomic mass is 10.1. The van der Waals surface area contributed by atoms with Crippen molar-refractivity contribution in [2.45, 2.75) is 33.1 Å². The maximum Gasteiger partial charge on any atom is 0.338 e. The second-order valence-electron chi connectivity index (χ2n) is 7.49. The number of hydrogen-bond acceptors (Lipinski definition) is 6. The highest BCUT2D eigenvalue weighted by molar-refractivity contribution is 7.17. The average Bonchev–Trinajstić information content (AvgIpc) is 3.41. The number of primary amides is 1. The van der Waals surface area contributed by atoms with E-state index in [4.69, 9.17) is 22.1 Å². The summed E-state index contributed by atoms with van der Waals surface area (Å²) in [6, 6.07) is 6.63. The third-order valence-corrected chi connectivity index (χ3v) is 7.06. The van der Waals surface area contributed by atoms with E-state index in [0.29, 0.717) is 26.8 Å². The first-order chi connectivity index (χ1) is 15.3. The number of aryl methyl sites for hydroxylation is 2. The molecule has 0 spiro atoms. The maximum absolute atomic E-state index is 12.3. The van der Waals surface area contributed by atoms with Gasteiger partial charge < -0.3 is 15.8 Å². The number of nitrogens with zero attached hydrogens (tertiary/aromatic N) is 2. The number of nitrogens with one attached hydrogen (secondary N) is 1. The Hall–Kier alpha value is -3.17. The van der Waals surface area contributed by atoms with E-state index in [1.165, 1.54) is 11.3 Å². The second kappa shape index (κ2) is 8.76. The Kier molecular flexibility index (Phi) is 6.03. The highest BCUT2D eigenvalue weighted by Crippen LogP contribution is 2.38. The van der Waals surface area contributed by atoms with Crippen molar-refractivity contribution < 1.29 is 19.1 Å². The van der Waals surface area contributed by atoms with Gasteiger partial charge in [0.15, 0.2) is 6.61 Å². The van der Waals surface area contributed by atoms with Crippen molar-refractivity contribution in [1.29, 1.82) is 0 Å². The number of anilines is 1. The first-order valence-electron chi connectivity index (χ1n) is 9.99. The van der Waals surface area contributed by atoms with Gasteiger partial charge in [-0.15, -0.1) is 11.3 Å². The molecular formula is C22H21ClN4O4S. The molecule has 2 heterocycles. The molecule has 0 fully saturated rings. The molecule has 4 rings (SSSR count). The highest BCUT2D eigenvalue weighted by atomic mass is 35.5. The van der Waals surface area contributed by atoms with Crippen molar-refractivity contribution >= 4 is 45.7 Å². The van der Waals surface area contributed by atoms with Crippen LogP contribution in [0.4, 0.5) is 5.00 Å². The number of esters is 1. The summed E-state index contributed by atoms with van der Waals surface area (Å²) in [6.45, 7) is 3.20. The number of fused-ring (bicyclic) bond motifs is 1. The molecule has 10 heteroatoms. The van der Waals surface area contributed by atoms with Crippen LogP contribution in [0.3, 0.4) is 0 Å². The molecule has 0 unspecified atom stereocenters. The van der Waals surface area contributed by atoms with Crippen molar-refractivity contribution in [1.82, 2.24) is 9.78 Å². The summed E-state index contributed by atoms with van der Waals surface area (Å²) in [5.74, 6) is -1.74. The molecule has 32 heavy (non-hydrogen) atoms. The maximum atomic E-state index is 12.3. The molecule has 0 atom stereocenters. The monoisotopic (exact) mass is 472 g/mol. The van der Waals surface area contributed by atoms with Crippen molar-refractivity contribution in [2.24, 2.45) is 5.73 Å². The summed E-state index contributed by atoms with van der Waals surface area (Å²) in [6.07, 6.45) is 2.61. The Bertz CT molecular complexity index is 1230. The van der Waals surface area contributed by atoms with Crippen molar-refractivity contribution in [2.75, 3.05) is 11.9 Å². The fraction of sp³-hybridized carbons (Fsp3) is 0.273. The number of amides is 2. The van der Waals surface area contributed by atoms with Gasteiger partial charge in [0.05, 0.1) is 33.2 Å². The van der Waals surface area contributed by atoms with E-state index in [2.05, 4.69) is 10.4 Å². The van der Waals surface area contributed by atoms with Crippen LogP contribution in [0.2, 0.25) is 5.02 Å². The Balaban J connectivity index is 1.38. The number of aromatic nitrogens is 2. The molecule has 0 radical (unpaired) electrons. The van der Waals surface area contributed by atoms with Crippen LogP contribution in [0.5, 0.6) is 0 Å². The number of ether oxygens (including phenoxy) is 1. The molecule has 1 aliphatic carbocycles. The van der Waals surface area contributed by atoms with Gasteiger partial charge >= 0.3 is 5.97 Å². The predicted octanol–water partition coefficient (Wildman–Crippen LogP) is 3.59. The molecule has 0 saturated carbocycles. The van der Waals surface area contributed by atoms with E-state index in [-0.39, 0.29) is 0 Å². The molecule has 3 N–H and O–H groups in total. The number of thiophene rings is 1. The van der Waals surface area contributed by atoms with Crippen molar-refractivity contribution in [3.05, 3.63) is 62.2 Å². The molecular weight excluding hydrogens is 452 g/mol. The van der Waals surface area contributed by atoms with Gasteiger partial charge in [0.1, 0.15) is 5.00 Å². The Morgan fingerprint density at radius 3 is 2.56 bits per heavy atom. The number of nitrogens with two attached hydrogens (primary N) is 1. The van der Waals surface area contributed by atoms with E-state index < -0.39 is 24.4 Å². The SMILES string of the molecule is Cc1nn(-c2ccc(C(=O)OCC(=O)Nc3sc4c(c3C(N)=O)CCC4)cc2)c(C)c1Cl. The fourth-order valence-electron chi connectivity index (χ4n) is 3.74. The van der Waals surface area contributed by atoms with Crippen LogP contribution in [0, 0.1) is 13.8 Å². The van der Waals surface area contributed by atoms with Crippen molar-refractivity contribution in [3.8, 4) is 5.69 Å². The summed E-state index contributed by atoms with van der Waals surface area (Å²) in [4.78, 5) is 37.5. The first kappa shape index (κ1) is 22.0. The summed E-state index contributed by atoms with van der Waals surface area (Å²) in [7, 11) is 0. The number of carbonyl (C=O) groups is 3. The van der Waals surface area contributed by atoms with Crippen LogP contribution >= 0.6 is 22.9 Å². The molecule has 8 nitrogen and oxygen atoms in total. The minimum Gasteiger partial charge on any atom is -0.452 e. The Morgan fingerprint density at radius 1 is 1.22 bits per heavy atom. The number of rotatable bonds is 6. The van der Waals surface area contributed by atoms with Crippen LogP contribution < -0.4 is 11.1 Å². The Labute approximate surface area is 193 Å². The van der Waals surface area contributed by atoms with Gasteiger partial charge in [-0.3, -0.25) is 9.59 Å². The van der Waals surface area contributed by atoms with E-state index in [1.807, 2.05) is 13.8 Å². The third kappa shape index (κ3) is 4.13. The van der Waals surface area contributed by atoms with Gasteiger partial charge in [0.2, 0.25) is 0 Å². The van der Waals surface area contributed by atoms with E-state index in [9.17, 15) is 14.4 Å². The van der Waals surface area contributed by atoms with Crippen LogP contribution in [-0.4, -0.2) is 34.2 Å². The molecule has 0 bridgehead atoms. The lowest BCUT2D eigenvalue weighted by Crippen LogP contribution is -2.22. The molecule has 1 aromatic carbocycles. The molecule has 0 aliphatic heterocycles. The molecule has 2 aromatic heterocycles. The van der Waals surface area contributed by atoms with Gasteiger partial charge in [0.25, 0.3) is 11.8 Å². The predicted molar refractivity (Wildman–Crippen MR) is 122 cm³/mol. The minimum atomic E-state index is -0.637. The van der Waals surface area contributed by atoms with E-state index >= 15 is 0 Å². The number of benzene rings is 1. The normalized spacial score (nSPS) is 12.5. The zero-order chi connectivity index (χ0) is 23.0. The van der Waals surface area contributed by atoms with Crippen LogP contribution in [0.1, 0.15) is 49.0 Å². The second-order valence-corrected chi connectivity index (χ2v) is 8.98. The lowest BCUT2D eigenvalue weighted by Gasteiger charge is -2.08. The zero-order valence-electron chi connectivity index (χ0n) is 17.5. The highest BCUT2D eigenvalue weighted by Gasteiger charge is 2.26. The van der Waals surface area contributed by atoms with Gasteiger partial charge in [-0.2, -0.15) is 5.10 Å². The molecule has 0 saturated heterocycles. The summed E-state index contributed by atoms with van der Waals surface area (Å²) in [5, 5.41) is 8.03. The quantitative estimate of drug-likeness (QED) is 0.532. The standard InChI is InChI=1S/C22H21ClN4O4S/c1-11-19(23)12(2)27(26-11)14-8-6-13(7-9-14)22(30)31-10-17(28)25-21-18(20(24)29)15-4-3-5-16(15)32-21/h6-9H,3-5,10H2,1-2H3,(H2,24,29)(H,25,28). The van der Waals surface area contributed by atoms with Crippen LogP contribution in [0.15, 0.2) is 24.3 Å². The van der Waals surface area contributed by atoms with Gasteiger partial charge in [-0.25, -0.2) is 9.48 Å². The zero-order valence-corrected chi connectivity index (χ0v) is 19.1. The van der Waals surface area contributed by atoms with Crippen LogP contribution in [-0.2, 0) is 22.4 Å². The van der Waals surface area contributed by atoms with Gasteiger partial charge in [-0.1, -0.05) is 11.6 Å². The summed E-state index contributed by atoms with van der Waals surface area (Å²) >= 11 is 7.54. The number of hydrogen-bond donors (Lipinski definition) is 2. The summed E-state index contributed by atoms with van der Waals surface area (Å²) in [5.41, 5.74) is 9.33. The summed E-state index contributed by atoms with van der Waals surface area (Å²) < 4.78 is 6.82. The smallest absolute Gasteiger partial charge is 0.338 e. The fourth-order valence-corrected chi connectivity index (χ4v) is 5.17. The van der Waals surface area contributed by atoms with E-state index in [0.717, 1.165) is 41.1 Å². The number of carbonyl (C=O) groups excluding carboxylic acids is 3. The largest absolute Gasteiger partial charge is 0.452 e. The first-order valence-corrected chi connectivity index (χ1v) is 11.2. The van der Waals surface area contributed by atoms with Crippen molar-refractivity contribution in [3.63, 3.8) is 0 Å². The number of halogens is 1.